The number of hydrogen-bond donors (Lipinski definition) is 2. The van der Waals surface area contributed by atoms with Gasteiger partial charge in [0.25, 0.3) is 0 Å². The van der Waals surface area contributed by atoms with Gasteiger partial charge in [-0.05, 0) is 17.3 Å². The summed E-state index contributed by atoms with van der Waals surface area (Å²) in [6.45, 7) is 0. The first-order chi connectivity index (χ1) is 4.84. The molecule has 0 fully saturated rings. The number of benzene rings is 1. The van der Waals surface area contributed by atoms with E-state index in [4.69, 9.17) is 17.5 Å². The van der Waals surface area contributed by atoms with Crippen LogP contribution in [-0.2, 0) is 0 Å². The summed E-state index contributed by atoms with van der Waals surface area (Å²) in [5.74, 6) is 0. The summed E-state index contributed by atoms with van der Waals surface area (Å²) >= 11 is 5.31. The fourth-order valence-electron chi connectivity index (χ4n) is 0.723. The first-order valence-electron chi connectivity index (χ1n) is 3.01. The Balaban J connectivity index is 2.75. The number of rotatable bonds is 2. The lowest BCUT2D eigenvalue weighted by molar-refractivity contribution is 0.707. The summed E-state index contributed by atoms with van der Waals surface area (Å²) in [5.41, 5.74) is 6.54. The maximum Gasteiger partial charge on any atom is 0.0947 e. The molecule has 0 bridgehead atoms. The van der Waals surface area contributed by atoms with Crippen molar-refractivity contribution in [2.24, 2.45) is 5.73 Å². The van der Waals surface area contributed by atoms with E-state index in [1.54, 1.807) is 0 Å². The normalized spacial score (nSPS) is 13.0. The van der Waals surface area contributed by atoms with Gasteiger partial charge in [0.1, 0.15) is 0 Å². The zero-order valence-electron chi connectivity index (χ0n) is 5.42. The van der Waals surface area contributed by atoms with Crippen LogP contribution in [0.4, 0.5) is 0 Å². The molecular formula is C7H9ClN2. The molecule has 1 aromatic carbocycles. The van der Waals surface area contributed by atoms with Gasteiger partial charge in [-0.3, -0.25) is 0 Å². The fourth-order valence-corrected chi connectivity index (χ4v) is 0.849. The van der Waals surface area contributed by atoms with E-state index in [1.165, 1.54) is 0 Å². The van der Waals surface area contributed by atoms with Gasteiger partial charge in [-0.25, -0.2) is 4.84 Å². The van der Waals surface area contributed by atoms with Gasteiger partial charge in [-0.2, -0.15) is 0 Å². The molecule has 1 unspecified atom stereocenters. The Morgan fingerprint density at radius 2 is 1.90 bits per heavy atom. The highest BCUT2D eigenvalue weighted by atomic mass is 35.5. The van der Waals surface area contributed by atoms with E-state index in [0.717, 1.165) is 5.56 Å². The molecule has 1 aromatic rings. The van der Waals surface area contributed by atoms with Crippen molar-refractivity contribution in [3.63, 3.8) is 0 Å². The summed E-state index contributed by atoms with van der Waals surface area (Å²) in [5, 5.41) is 0. The van der Waals surface area contributed by atoms with Crippen LogP contribution in [0, 0.1) is 0 Å². The summed E-state index contributed by atoms with van der Waals surface area (Å²) in [7, 11) is 0. The minimum absolute atomic E-state index is 0.275. The Morgan fingerprint density at radius 1 is 1.30 bits per heavy atom. The number of hydrogen-bond acceptors (Lipinski definition) is 2. The minimum Gasteiger partial charge on any atom is -0.311 e. The van der Waals surface area contributed by atoms with Crippen molar-refractivity contribution in [3.05, 3.63) is 35.9 Å². The SMILES string of the molecule is NC(NCl)c1ccccc1. The molecule has 10 heavy (non-hydrogen) atoms. The van der Waals surface area contributed by atoms with Crippen molar-refractivity contribution in [1.82, 2.24) is 4.84 Å². The zero-order chi connectivity index (χ0) is 7.40. The van der Waals surface area contributed by atoms with Crippen LogP contribution >= 0.6 is 11.8 Å². The predicted octanol–water partition coefficient (Wildman–Crippen LogP) is 1.39. The highest BCUT2D eigenvalue weighted by Crippen LogP contribution is 2.05. The molecule has 1 atom stereocenters. The predicted molar refractivity (Wildman–Crippen MR) is 42.4 cm³/mol. The smallest absolute Gasteiger partial charge is 0.0947 e. The standard InChI is InChI=1S/C7H9ClN2/c8-10-7(9)6-4-2-1-3-5-6/h1-5,7,10H,9H2. The van der Waals surface area contributed by atoms with Gasteiger partial charge in [0.15, 0.2) is 0 Å². The number of nitrogens with two attached hydrogens (primary N) is 1. The Hall–Kier alpha value is -0.570. The maximum atomic E-state index is 5.55. The van der Waals surface area contributed by atoms with E-state index in [-0.39, 0.29) is 6.17 Å². The second-order valence-corrected chi connectivity index (χ2v) is 2.22. The molecule has 0 saturated carbocycles. The molecule has 0 aliphatic heterocycles. The Kier molecular flexibility index (Phi) is 2.68. The van der Waals surface area contributed by atoms with Gasteiger partial charge in [0, 0.05) is 0 Å². The van der Waals surface area contributed by atoms with Gasteiger partial charge in [-0.15, -0.1) is 0 Å². The summed E-state index contributed by atoms with van der Waals surface area (Å²) in [6, 6.07) is 9.61. The summed E-state index contributed by atoms with van der Waals surface area (Å²) in [6.07, 6.45) is -0.275. The van der Waals surface area contributed by atoms with Crippen LogP contribution in [0.5, 0.6) is 0 Å². The van der Waals surface area contributed by atoms with E-state index in [0.29, 0.717) is 0 Å². The van der Waals surface area contributed by atoms with Crippen LogP contribution in [0.15, 0.2) is 30.3 Å². The fraction of sp³-hybridized carbons (Fsp3) is 0.143. The summed E-state index contributed by atoms with van der Waals surface area (Å²) < 4.78 is 0. The molecule has 0 aliphatic carbocycles. The molecule has 0 aromatic heterocycles. The Labute approximate surface area is 65.1 Å². The molecule has 3 N–H and O–H groups in total. The van der Waals surface area contributed by atoms with Gasteiger partial charge < -0.3 is 5.73 Å². The summed E-state index contributed by atoms with van der Waals surface area (Å²) in [4.78, 5) is 2.43. The average Bonchev–Trinajstić information content (AvgIpc) is 2.05. The van der Waals surface area contributed by atoms with Gasteiger partial charge in [0.2, 0.25) is 0 Å². The van der Waals surface area contributed by atoms with E-state index >= 15 is 0 Å². The molecule has 1 rings (SSSR count). The van der Waals surface area contributed by atoms with Crippen molar-refractivity contribution < 1.29 is 0 Å². The number of nitrogens with one attached hydrogen (secondary N) is 1. The first kappa shape index (κ1) is 7.54. The van der Waals surface area contributed by atoms with Gasteiger partial charge in [-0.1, -0.05) is 30.3 Å². The van der Waals surface area contributed by atoms with Crippen LogP contribution in [0.1, 0.15) is 11.7 Å². The van der Waals surface area contributed by atoms with Crippen LogP contribution in [0.2, 0.25) is 0 Å². The third-order valence-electron chi connectivity index (χ3n) is 1.28. The maximum absolute atomic E-state index is 5.55. The lowest BCUT2D eigenvalue weighted by atomic mass is 10.2. The average molecular weight is 157 g/mol. The third-order valence-corrected chi connectivity index (χ3v) is 1.51. The first-order valence-corrected chi connectivity index (χ1v) is 3.39. The van der Waals surface area contributed by atoms with E-state index in [9.17, 15) is 0 Å². The van der Waals surface area contributed by atoms with Crippen molar-refractivity contribution >= 4 is 11.8 Å². The molecule has 3 heteroatoms. The Bertz CT molecular complexity index is 188. The zero-order valence-corrected chi connectivity index (χ0v) is 6.18. The van der Waals surface area contributed by atoms with E-state index in [2.05, 4.69) is 4.84 Å². The van der Waals surface area contributed by atoms with Crippen molar-refractivity contribution in [2.45, 2.75) is 6.17 Å². The molecule has 2 nitrogen and oxygen atoms in total. The molecular weight excluding hydrogens is 148 g/mol. The molecule has 0 radical (unpaired) electrons. The second kappa shape index (κ2) is 3.56. The minimum atomic E-state index is -0.275. The van der Waals surface area contributed by atoms with Gasteiger partial charge >= 0.3 is 0 Å². The third kappa shape index (κ3) is 1.70. The lowest BCUT2D eigenvalue weighted by Gasteiger charge is -2.06. The largest absolute Gasteiger partial charge is 0.311 e. The molecule has 0 spiro atoms. The monoisotopic (exact) mass is 156 g/mol. The van der Waals surface area contributed by atoms with Gasteiger partial charge in [0.05, 0.1) is 6.17 Å². The van der Waals surface area contributed by atoms with Crippen molar-refractivity contribution in [2.75, 3.05) is 0 Å². The highest BCUT2D eigenvalue weighted by Gasteiger charge is 1.99. The lowest BCUT2D eigenvalue weighted by Crippen LogP contribution is -2.20. The quantitative estimate of drug-likeness (QED) is 0.502. The molecule has 0 amide bonds. The molecule has 0 saturated heterocycles. The molecule has 0 aliphatic rings. The van der Waals surface area contributed by atoms with Crippen LogP contribution in [0.3, 0.4) is 0 Å². The molecule has 0 heterocycles. The van der Waals surface area contributed by atoms with E-state index in [1.807, 2.05) is 30.3 Å². The second-order valence-electron chi connectivity index (χ2n) is 2.00. The topological polar surface area (TPSA) is 38.0 Å². The van der Waals surface area contributed by atoms with Crippen LogP contribution in [0.25, 0.3) is 0 Å². The number of halogens is 1. The molecule has 54 valence electrons. The van der Waals surface area contributed by atoms with Crippen molar-refractivity contribution in [1.29, 1.82) is 0 Å². The Morgan fingerprint density at radius 3 is 2.40 bits per heavy atom. The van der Waals surface area contributed by atoms with Crippen molar-refractivity contribution in [3.8, 4) is 0 Å². The van der Waals surface area contributed by atoms with Crippen LogP contribution < -0.4 is 10.6 Å². The van der Waals surface area contributed by atoms with E-state index < -0.39 is 0 Å². The highest BCUT2D eigenvalue weighted by molar-refractivity contribution is 6.13. The van der Waals surface area contributed by atoms with Crippen LogP contribution in [-0.4, -0.2) is 0 Å².